The van der Waals surface area contributed by atoms with Crippen LogP contribution in [0.4, 0.5) is 0 Å². The second-order valence-corrected chi connectivity index (χ2v) is 5.40. The van der Waals surface area contributed by atoms with Gasteiger partial charge < -0.3 is 14.2 Å². The lowest BCUT2D eigenvalue weighted by molar-refractivity contribution is 0.0649. The maximum atomic E-state index is 6.60. The SMILES string of the molecule is COc1ccc(C(Cl)C2CCOCC2)c(OC)c1Cl. The topological polar surface area (TPSA) is 27.7 Å². The van der Waals surface area contributed by atoms with Gasteiger partial charge in [-0.3, -0.25) is 0 Å². The van der Waals surface area contributed by atoms with E-state index in [1.54, 1.807) is 14.2 Å². The summed E-state index contributed by atoms with van der Waals surface area (Å²) >= 11 is 12.9. The summed E-state index contributed by atoms with van der Waals surface area (Å²) in [6.07, 6.45) is 1.92. The zero-order valence-corrected chi connectivity index (χ0v) is 12.6. The summed E-state index contributed by atoms with van der Waals surface area (Å²) in [6, 6.07) is 3.76. The second-order valence-electron chi connectivity index (χ2n) is 4.56. The van der Waals surface area contributed by atoms with Crippen molar-refractivity contribution in [1.82, 2.24) is 0 Å². The molecule has 0 aliphatic carbocycles. The number of alkyl halides is 1. The molecule has 3 nitrogen and oxygen atoms in total. The Hall–Kier alpha value is -0.640. The Bertz CT molecular complexity index is 431. The largest absolute Gasteiger partial charge is 0.495 e. The first-order valence-corrected chi connectivity index (χ1v) is 7.12. The van der Waals surface area contributed by atoms with Gasteiger partial charge in [0.1, 0.15) is 16.5 Å². The normalized spacial score (nSPS) is 18.1. The van der Waals surface area contributed by atoms with Gasteiger partial charge in [-0.25, -0.2) is 0 Å². The zero-order valence-electron chi connectivity index (χ0n) is 11.1. The molecule has 0 saturated carbocycles. The van der Waals surface area contributed by atoms with Crippen molar-refractivity contribution in [3.8, 4) is 11.5 Å². The van der Waals surface area contributed by atoms with Crippen LogP contribution in [0.5, 0.6) is 11.5 Å². The first-order chi connectivity index (χ1) is 9.19. The lowest BCUT2D eigenvalue weighted by atomic mass is 9.91. The molecule has 1 saturated heterocycles. The Morgan fingerprint density at radius 3 is 2.47 bits per heavy atom. The maximum absolute atomic E-state index is 6.60. The molecule has 19 heavy (non-hydrogen) atoms. The van der Waals surface area contributed by atoms with Gasteiger partial charge in [-0.1, -0.05) is 17.7 Å². The molecule has 1 fully saturated rings. The van der Waals surface area contributed by atoms with Crippen molar-refractivity contribution in [2.75, 3.05) is 27.4 Å². The molecule has 1 atom stereocenters. The monoisotopic (exact) mass is 304 g/mol. The van der Waals surface area contributed by atoms with E-state index < -0.39 is 0 Å². The average Bonchev–Trinajstić information content (AvgIpc) is 2.47. The van der Waals surface area contributed by atoms with Crippen molar-refractivity contribution < 1.29 is 14.2 Å². The van der Waals surface area contributed by atoms with Crippen LogP contribution in [0.3, 0.4) is 0 Å². The van der Waals surface area contributed by atoms with Gasteiger partial charge in [0.2, 0.25) is 0 Å². The van der Waals surface area contributed by atoms with E-state index in [0.717, 1.165) is 31.6 Å². The number of methoxy groups -OCH3 is 2. The molecule has 1 aromatic carbocycles. The van der Waals surface area contributed by atoms with Crippen LogP contribution < -0.4 is 9.47 Å². The third-order valence-electron chi connectivity index (χ3n) is 3.49. The third kappa shape index (κ3) is 3.10. The molecule has 106 valence electrons. The van der Waals surface area contributed by atoms with Crippen molar-refractivity contribution in [1.29, 1.82) is 0 Å². The first kappa shape index (κ1) is 14.8. The maximum Gasteiger partial charge on any atom is 0.145 e. The average molecular weight is 305 g/mol. The van der Waals surface area contributed by atoms with Gasteiger partial charge in [-0.2, -0.15) is 0 Å². The Morgan fingerprint density at radius 2 is 1.89 bits per heavy atom. The molecule has 1 aliphatic rings. The summed E-state index contributed by atoms with van der Waals surface area (Å²) in [6.45, 7) is 1.53. The van der Waals surface area contributed by atoms with Gasteiger partial charge in [0, 0.05) is 18.8 Å². The van der Waals surface area contributed by atoms with Gasteiger partial charge in [-0.15, -0.1) is 11.6 Å². The van der Waals surface area contributed by atoms with E-state index >= 15 is 0 Å². The summed E-state index contributed by atoms with van der Waals surface area (Å²) in [5.74, 6) is 1.58. The fraction of sp³-hybridized carbons (Fsp3) is 0.571. The number of hydrogen-bond acceptors (Lipinski definition) is 3. The molecule has 1 heterocycles. The first-order valence-electron chi connectivity index (χ1n) is 6.31. The van der Waals surface area contributed by atoms with Crippen LogP contribution >= 0.6 is 23.2 Å². The van der Waals surface area contributed by atoms with Gasteiger partial charge >= 0.3 is 0 Å². The fourth-order valence-electron chi connectivity index (χ4n) is 2.40. The molecular formula is C14H18Cl2O3. The van der Waals surface area contributed by atoms with Crippen molar-refractivity contribution >= 4 is 23.2 Å². The molecule has 0 amide bonds. The molecule has 1 aliphatic heterocycles. The molecule has 0 bridgehead atoms. The summed E-state index contributed by atoms with van der Waals surface area (Å²) in [5, 5.41) is 0.350. The van der Waals surface area contributed by atoms with E-state index in [2.05, 4.69) is 0 Å². The zero-order chi connectivity index (χ0) is 13.8. The lowest BCUT2D eigenvalue weighted by Crippen LogP contribution is -2.19. The predicted octanol–water partition coefficient (Wildman–Crippen LogP) is 4.06. The van der Waals surface area contributed by atoms with E-state index in [0.29, 0.717) is 22.4 Å². The van der Waals surface area contributed by atoms with E-state index in [4.69, 9.17) is 37.4 Å². The Kier molecular flexibility index (Phi) is 5.20. The molecule has 5 heteroatoms. The number of rotatable bonds is 4. The van der Waals surface area contributed by atoms with E-state index in [9.17, 15) is 0 Å². The van der Waals surface area contributed by atoms with Crippen LogP contribution in [-0.2, 0) is 4.74 Å². The molecular weight excluding hydrogens is 287 g/mol. The molecule has 1 unspecified atom stereocenters. The fourth-order valence-corrected chi connectivity index (χ4v) is 3.15. The number of benzene rings is 1. The highest BCUT2D eigenvalue weighted by Crippen LogP contribution is 2.45. The van der Waals surface area contributed by atoms with Crippen LogP contribution in [0.2, 0.25) is 5.02 Å². The van der Waals surface area contributed by atoms with E-state index in [1.807, 2.05) is 12.1 Å². The quantitative estimate of drug-likeness (QED) is 0.785. The Labute approximate surface area is 123 Å². The minimum Gasteiger partial charge on any atom is -0.495 e. The highest BCUT2D eigenvalue weighted by molar-refractivity contribution is 6.34. The number of hydrogen-bond donors (Lipinski definition) is 0. The predicted molar refractivity (Wildman–Crippen MR) is 76.7 cm³/mol. The molecule has 2 rings (SSSR count). The van der Waals surface area contributed by atoms with Crippen LogP contribution in [0.1, 0.15) is 23.8 Å². The Balaban J connectivity index is 2.30. The van der Waals surface area contributed by atoms with Crippen LogP contribution in [-0.4, -0.2) is 27.4 Å². The van der Waals surface area contributed by atoms with Crippen molar-refractivity contribution in [2.45, 2.75) is 18.2 Å². The summed E-state index contributed by atoms with van der Waals surface area (Å²) in [5.41, 5.74) is 0.918. The number of ether oxygens (including phenoxy) is 3. The Morgan fingerprint density at radius 1 is 1.21 bits per heavy atom. The molecule has 1 aromatic rings. The van der Waals surface area contributed by atoms with Gasteiger partial charge in [0.05, 0.1) is 19.6 Å². The van der Waals surface area contributed by atoms with Crippen LogP contribution in [0.25, 0.3) is 0 Å². The van der Waals surface area contributed by atoms with Crippen molar-refractivity contribution in [2.24, 2.45) is 5.92 Å². The molecule has 0 N–H and O–H groups in total. The van der Waals surface area contributed by atoms with Crippen molar-refractivity contribution in [3.63, 3.8) is 0 Å². The summed E-state index contributed by atoms with van der Waals surface area (Å²) in [4.78, 5) is 0. The highest BCUT2D eigenvalue weighted by Gasteiger charge is 2.27. The third-order valence-corrected chi connectivity index (χ3v) is 4.44. The van der Waals surface area contributed by atoms with Crippen LogP contribution in [0, 0.1) is 5.92 Å². The van der Waals surface area contributed by atoms with Gasteiger partial charge in [0.15, 0.2) is 0 Å². The summed E-state index contributed by atoms with van der Waals surface area (Å²) in [7, 11) is 3.18. The van der Waals surface area contributed by atoms with E-state index in [1.165, 1.54) is 0 Å². The minimum atomic E-state index is -0.123. The minimum absolute atomic E-state index is 0.123. The van der Waals surface area contributed by atoms with Gasteiger partial charge in [-0.05, 0) is 24.8 Å². The summed E-state index contributed by atoms with van der Waals surface area (Å²) < 4.78 is 16.0. The van der Waals surface area contributed by atoms with Crippen molar-refractivity contribution in [3.05, 3.63) is 22.7 Å². The molecule has 0 spiro atoms. The molecule has 0 radical (unpaired) electrons. The van der Waals surface area contributed by atoms with E-state index in [-0.39, 0.29) is 5.38 Å². The number of halogens is 2. The highest BCUT2D eigenvalue weighted by atomic mass is 35.5. The standard InChI is InChI=1S/C14H18Cl2O3/c1-17-11-4-3-10(14(18-2)13(11)16)12(15)9-5-7-19-8-6-9/h3-4,9,12H,5-8H2,1-2H3. The smallest absolute Gasteiger partial charge is 0.145 e. The second kappa shape index (κ2) is 6.69. The van der Waals surface area contributed by atoms with Crippen LogP contribution in [0.15, 0.2) is 12.1 Å². The molecule has 0 aromatic heterocycles. The lowest BCUT2D eigenvalue weighted by Gasteiger charge is -2.27. The van der Waals surface area contributed by atoms with Gasteiger partial charge in [0.25, 0.3) is 0 Å².